The van der Waals surface area contributed by atoms with E-state index in [1.807, 2.05) is 30.3 Å². The minimum atomic E-state index is -0.519. The number of aliphatic hydroxyl groups is 2. The van der Waals surface area contributed by atoms with E-state index in [2.05, 4.69) is 17.0 Å². The second-order valence-electron chi connectivity index (χ2n) is 5.97. The summed E-state index contributed by atoms with van der Waals surface area (Å²) in [7, 11) is 0. The molecule has 4 nitrogen and oxygen atoms in total. The van der Waals surface area contributed by atoms with Crippen LogP contribution >= 0.6 is 0 Å². The number of aliphatic hydroxyl groups excluding tert-OH is 2. The van der Waals surface area contributed by atoms with Gasteiger partial charge in [-0.05, 0) is 24.3 Å². The maximum atomic E-state index is 10.2. The van der Waals surface area contributed by atoms with Crippen molar-refractivity contribution in [3.05, 3.63) is 42.5 Å². The van der Waals surface area contributed by atoms with Crippen molar-refractivity contribution in [3.8, 4) is 5.75 Å². The van der Waals surface area contributed by atoms with Gasteiger partial charge in [0.2, 0.25) is 0 Å². The van der Waals surface area contributed by atoms with Gasteiger partial charge >= 0.3 is 0 Å². The van der Waals surface area contributed by atoms with E-state index in [0.717, 1.165) is 42.5 Å². The molecule has 1 fully saturated rings. The highest BCUT2D eigenvalue weighted by atomic mass is 16.5. The molecule has 1 saturated heterocycles. The Bertz CT molecular complexity index is 603. The molecule has 2 aromatic rings. The Morgan fingerprint density at radius 3 is 2.64 bits per heavy atom. The van der Waals surface area contributed by atoms with Gasteiger partial charge in [0, 0.05) is 25.0 Å². The molecule has 1 aliphatic heterocycles. The fourth-order valence-electron chi connectivity index (χ4n) is 2.96. The van der Waals surface area contributed by atoms with Crippen molar-refractivity contribution in [1.82, 2.24) is 4.90 Å². The van der Waals surface area contributed by atoms with Crippen molar-refractivity contribution in [2.45, 2.75) is 25.0 Å². The zero-order valence-electron chi connectivity index (χ0n) is 12.7. The first-order valence-corrected chi connectivity index (χ1v) is 7.91. The molecular formula is C18H23NO3. The highest BCUT2D eigenvalue weighted by molar-refractivity contribution is 5.88. The quantitative estimate of drug-likeness (QED) is 0.887. The van der Waals surface area contributed by atoms with Crippen LogP contribution in [-0.2, 0) is 0 Å². The van der Waals surface area contributed by atoms with Crippen molar-refractivity contribution in [3.63, 3.8) is 0 Å². The number of hydrogen-bond acceptors (Lipinski definition) is 4. The fraction of sp³-hybridized carbons (Fsp3) is 0.444. The van der Waals surface area contributed by atoms with Gasteiger partial charge in [0.25, 0.3) is 0 Å². The van der Waals surface area contributed by atoms with E-state index < -0.39 is 6.10 Å². The molecule has 1 unspecified atom stereocenters. The van der Waals surface area contributed by atoms with Gasteiger partial charge in [0.15, 0.2) is 0 Å². The molecule has 4 heteroatoms. The Hall–Kier alpha value is -1.62. The number of rotatable bonds is 5. The minimum Gasteiger partial charge on any atom is -0.490 e. The first-order chi connectivity index (χ1) is 10.7. The van der Waals surface area contributed by atoms with Crippen LogP contribution in [0, 0.1) is 0 Å². The van der Waals surface area contributed by atoms with E-state index in [9.17, 15) is 10.2 Å². The number of likely N-dealkylation sites (tertiary alicyclic amines) is 1. The summed E-state index contributed by atoms with van der Waals surface area (Å²) < 4.78 is 5.82. The maximum absolute atomic E-state index is 10.2. The molecule has 0 aliphatic carbocycles. The van der Waals surface area contributed by atoms with Crippen LogP contribution in [0.3, 0.4) is 0 Å². The largest absolute Gasteiger partial charge is 0.490 e. The summed E-state index contributed by atoms with van der Waals surface area (Å²) in [5.74, 6) is 0.811. The molecule has 3 rings (SSSR count). The summed E-state index contributed by atoms with van der Waals surface area (Å²) in [5, 5.41) is 21.9. The van der Waals surface area contributed by atoms with Gasteiger partial charge in [-0.15, -0.1) is 0 Å². The molecule has 1 atom stereocenters. The van der Waals surface area contributed by atoms with E-state index in [1.54, 1.807) is 0 Å². The smallest absolute Gasteiger partial charge is 0.127 e. The molecule has 118 valence electrons. The number of benzene rings is 2. The van der Waals surface area contributed by atoms with Crippen LogP contribution in [0.2, 0.25) is 0 Å². The van der Waals surface area contributed by atoms with Crippen LogP contribution in [0.25, 0.3) is 10.8 Å². The zero-order valence-corrected chi connectivity index (χ0v) is 12.7. The molecule has 1 aliphatic rings. The number of hydrogen-bond donors (Lipinski definition) is 2. The summed E-state index contributed by atoms with van der Waals surface area (Å²) in [6.45, 7) is 2.56. The standard InChI is InChI=1S/C18H23NO3/c20-15-8-10-19(11-9-15)12-16(21)13-22-18-7-3-5-14-4-1-2-6-17(14)18/h1-7,15-16,20-21H,8-13H2. The minimum absolute atomic E-state index is 0.180. The van der Waals surface area contributed by atoms with Gasteiger partial charge in [0.05, 0.1) is 6.10 Å². The van der Waals surface area contributed by atoms with Crippen LogP contribution in [-0.4, -0.2) is 53.6 Å². The van der Waals surface area contributed by atoms with Crippen LogP contribution in [0.4, 0.5) is 0 Å². The predicted octanol–water partition coefficient (Wildman–Crippen LogP) is 2.04. The van der Waals surface area contributed by atoms with Crippen molar-refractivity contribution >= 4 is 10.8 Å². The lowest BCUT2D eigenvalue weighted by Gasteiger charge is -2.30. The molecule has 2 N–H and O–H groups in total. The summed E-state index contributed by atoms with van der Waals surface area (Å²) in [4.78, 5) is 2.18. The highest BCUT2D eigenvalue weighted by Crippen LogP contribution is 2.25. The fourth-order valence-corrected chi connectivity index (χ4v) is 2.96. The van der Waals surface area contributed by atoms with Gasteiger partial charge in [-0.1, -0.05) is 36.4 Å². The topological polar surface area (TPSA) is 52.9 Å². The maximum Gasteiger partial charge on any atom is 0.127 e. The van der Waals surface area contributed by atoms with Gasteiger partial charge in [-0.2, -0.15) is 0 Å². The monoisotopic (exact) mass is 301 g/mol. The van der Waals surface area contributed by atoms with E-state index in [1.165, 1.54) is 0 Å². The Labute approximate surface area is 130 Å². The molecule has 0 radical (unpaired) electrons. The van der Waals surface area contributed by atoms with Gasteiger partial charge in [0.1, 0.15) is 18.5 Å². The molecular weight excluding hydrogens is 278 g/mol. The van der Waals surface area contributed by atoms with Crippen LogP contribution in [0.5, 0.6) is 5.75 Å². The summed E-state index contributed by atoms with van der Waals surface area (Å²) in [5.41, 5.74) is 0. The third kappa shape index (κ3) is 3.77. The predicted molar refractivity (Wildman–Crippen MR) is 87.1 cm³/mol. The van der Waals surface area contributed by atoms with Crippen molar-refractivity contribution < 1.29 is 14.9 Å². The Morgan fingerprint density at radius 1 is 1.09 bits per heavy atom. The number of nitrogens with zero attached hydrogens (tertiary/aromatic N) is 1. The third-order valence-corrected chi connectivity index (χ3v) is 4.21. The lowest BCUT2D eigenvalue weighted by Crippen LogP contribution is -2.41. The average Bonchev–Trinajstić information content (AvgIpc) is 2.55. The number of ether oxygens (including phenoxy) is 1. The molecule has 0 saturated carbocycles. The zero-order chi connectivity index (χ0) is 15.4. The van der Waals surface area contributed by atoms with E-state index in [0.29, 0.717) is 6.54 Å². The normalized spacial score (nSPS) is 18.5. The Kier molecular flexibility index (Phi) is 4.93. The van der Waals surface area contributed by atoms with E-state index in [-0.39, 0.29) is 12.7 Å². The van der Waals surface area contributed by atoms with Crippen molar-refractivity contribution in [2.24, 2.45) is 0 Å². The van der Waals surface area contributed by atoms with Gasteiger partial charge in [-0.25, -0.2) is 0 Å². The number of fused-ring (bicyclic) bond motifs is 1. The van der Waals surface area contributed by atoms with E-state index >= 15 is 0 Å². The second kappa shape index (κ2) is 7.09. The molecule has 1 heterocycles. The van der Waals surface area contributed by atoms with Crippen LogP contribution in [0.15, 0.2) is 42.5 Å². The second-order valence-corrected chi connectivity index (χ2v) is 5.97. The number of β-amino-alcohol motifs (C(OH)–C–C–N with tert-alkyl or cyclic N) is 1. The van der Waals surface area contributed by atoms with Crippen molar-refractivity contribution in [2.75, 3.05) is 26.2 Å². The molecule has 0 spiro atoms. The molecule has 22 heavy (non-hydrogen) atoms. The first-order valence-electron chi connectivity index (χ1n) is 7.91. The van der Waals surface area contributed by atoms with Gasteiger partial charge in [-0.3, -0.25) is 0 Å². The highest BCUT2D eigenvalue weighted by Gasteiger charge is 2.19. The average molecular weight is 301 g/mol. The molecule has 2 aromatic carbocycles. The molecule has 0 amide bonds. The van der Waals surface area contributed by atoms with Gasteiger partial charge < -0.3 is 19.8 Å². The first kappa shape index (κ1) is 15.3. The Morgan fingerprint density at radius 2 is 1.82 bits per heavy atom. The molecule has 0 bridgehead atoms. The van der Waals surface area contributed by atoms with Crippen LogP contribution in [0.1, 0.15) is 12.8 Å². The lowest BCUT2D eigenvalue weighted by atomic mass is 10.1. The molecule has 0 aromatic heterocycles. The summed E-state index contributed by atoms with van der Waals surface area (Å²) in [6, 6.07) is 14.0. The third-order valence-electron chi connectivity index (χ3n) is 4.21. The Balaban J connectivity index is 1.55. The summed E-state index contributed by atoms with van der Waals surface area (Å²) >= 11 is 0. The lowest BCUT2D eigenvalue weighted by molar-refractivity contribution is 0.0340. The van der Waals surface area contributed by atoms with Crippen molar-refractivity contribution in [1.29, 1.82) is 0 Å². The SMILES string of the molecule is OC1CCN(CC(O)COc2cccc3ccccc23)CC1. The summed E-state index contributed by atoms with van der Waals surface area (Å²) in [6.07, 6.45) is 0.878. The number of piperidine rings is 1. The van der Waals surface area contributed by atoms with E-state index in [4.69, 9.17) is 4.74 Å². The van der Waals surface area contributed by atoms with Crippen LogP contribution < -0.4 is 4.74 Å².